The fourth-order valence-corrected chi connectivity index (χ4v) is 8.23. The van der Waals surface area contributed by atoms with Gasteiger partial charge in [0, 0.05) is 32.6 Å². The summed E-state index contributed by atoms with van der Waals surface area (Å²) >= 11 is 0. The Balaban J connectivity index is 1.31. The maximum atomic E-state index is 5.45. The van der Waals surface area contributed by atoms with Gasteiger partial charge in [-0.1, -0.05) is 140 Å². The Kier molecular flexibility index (Phi) is 6.55. The van der Waals surface area contributed by atoms with Crippen LogP contribution in [0, 0.1) is 0 Å². The third kappa shape index (κ3) is 4.75. The zero-order valence-electron chi connectivity index (χ0n) is 28.7. The van der Waals surface area contributed by atoms with Crippen LogP contribution < -0.4 is 0 Å². The average Bonchev–Trinajstić information content (AvgIpc) is 3.57. The van der Waals surface area contributed by atoms with Gasteiger partial charge in [-0.25, -0.2) is 9.97 Å². The minimum Gasteiger partial charge on any atom is -0.309 e. The average molecular weight is 674 g/mol. The third-order valence-electron chi connectivity index (χ3n) is 10.8. The highest BCUT2D eigenvalue weighted by molar-refractivity contribution is 6.22. The van der Waals surface area contributed by atoms with Crippen molar-refractivity contribution in [1.82, 2.24) is 14.5 Å². The molecular weight excluding hydrogens is 643 g/mol. The van der Waals surface area contributed by atoms with E-state index in [0.717, 1.165) is 65.7 Å². The van der Waals surface area contributed by atoms with E-state index < -0.39 is 0 Å². The minimum absolute atomic E-state index is 0.722. The summed E-state index contributed by atoms with van der Waals surface area (Å²) in [5.41, 5.74) is 10.7. The molecule has 0 atom stereocenters. The summed E-state index contributed by atoms with van der Waals surface area (Å²) in [6, 6.07) is 67.7. The van der Waals surface area contributed by atoms with Crippen LogP contribution >= 0.6 is 0 Å². The van der Waals surface area contributed by atoms with Gasteiger partial charge in [-0.3, -0.25) is 0 Å². The molecule has 0 aliphatic carbocycles. The first-order chi connectivity index (χ1) is 26.3. The van der Waals surface area contributed by atoms with Crippen LogP contribution in [0.1, 0.15) is 0 Å². The topological polar surface area (TPSA) is 30.7 Å². The highest BCUT2D eigenvalue weighted by Crippen LogP contribution is 2.39. The van der Waals surface area contributed by atoms with Crippen LogP contribution in [0.2, 0.25) is 0 Å². The molecule has 0 saturated heterocycles. The van der Waals surface area contributed by atoms with E-state index in [1.165, 1.54) is 38.4 Å². The van der Waals surface area contributed by atoms with Crippen LogP contribution in [0.25, 0.3) is 104 Å². The quantitative estimate of drug-likeness (QED) is 0.187. The number of para-hydroxylation sites is 2. The summed E-state index contributed by atoms with van der Waals surface area (Å²) in [4.78, 5) is 10.7. The maximum Gasteiger partial charge on any atom is 0.161 e. The van der Waals surface area contributed by atoms with Gasteiger partial charge in [-0.15, -0.1) is 0 Å². The van der Waals surface area contributed by atoms with Crippen molar-refractivity contribution >= 4 is 76.2 Å². The Morgan fingerprint density at radius 1 is 0.358 bits per heavy atom. The molecule has 0 fully saturated rings. The van der Waals surface area contributed by atoms with Gasteiger partial charge in [0.15, 0.2) is 5.65 Å². The van der Waals surface area contributed by atoms with Gasteiger partial charge in [0.2, 0.25) is 0 Å². The van der Waals surface area contributed by atoms with E-state index in [2.05, 4.69) is 193 Å². The molecule has 53 heavy (non-hydrogen) atoms. The fourth-order valence-electron chi connectivity index (χ4n) is 8.23. The summed E-state index contributed by atoms with van der Waals surface area (Å²) in [5, 5.41) is 10.1. The van der Waals surface area contributed by atoms with Crippen molar-refractivity contribution in [2.45, 2.75) is 0 Å². The van der Waals surface area contributed by atoms with Crippen molar-refractivity contribution in [3.8, 4) is 27.9 Å². The molecule has 0 spiro atoms. The number of rotatable bonds is 3. The normalized spacial score (nSPS) is 11.8. The van der Waals surface area contributed by atoms with Gasteiger partial charge in [-0.2, -0.15) is 0 Å². The molecule has 0 aliphatic heterocycles. The molecule has 3 heterocycles. The monoisotopic (exact) mass is 673 g/mol. The first-order valence-electron chi connectivity index (χ1n) is 18.1. The van der Waals surface area contributed by atoms with E-state index in [1.54, 1.807) is 0 Å². The molecule has 0 unspecified atom stereocenters. The van der Waals surface area contributed by atoms with E-state index >= 15 is 0 Å². The molecule has 0 N–H and O–H groups in total. The number of benzene rings is 8. The molecule has 3 aromatic heterocycles. The van der Waals surface area contributed by atoms with Crippen molar-refractivity contribution in [2.24, 2.45) is 0 Å². The van der Waals surface area contributed by atoms with E-state index in [9.17, 15) is 0 Å². The molecule has 8 aromatic carbocycles. The zero-order chi connectivity index (χ0) is 34.9. The Bertz CT molecular complexity index is 3250. The predicted octanol–water partition coefficient (Wildman–Crippen LogP) is 13.2. The molecule has 8 bridgehead atoms. The highest BCUT2D eigenvalue weighted by Gasteiger charge is 2.16. The van der Waals surface area contributed by atoms with Crippen LogP contribution in [0.5, 0.6) is 0 Å². The number of fused-ring (bicyclic) bond motifs is 13. The summed E-state index contributed by atoms with van der Waals surface area (Å²) in [7, 11) is 0. The third-order valence-corrected chi connectivity index (χ3v) is 10.8. The molecule has 0 saturated carbocycles. The molecular formula is C50H31N3. The smallest absolute Gasteiger partial charge is 0.161 e. The second-order valence-electron chi connectivity index (χ2n) is 13.8. The van der Waals surface area contributed by atoms with Crippen LogP contribution in [-0.4, -0.2) is 14.5 Å². The second kappa shape index (κ2) is 11.7. The summed E-state index contributed by atoms with van der Waals surface area (Å²) in [6.45, 7) is 0. The van der Waals surface area contributed by atoms with Crippen LogP contribution in [0.3, 0.4) is 0 Å². The number of aromatic nitrogens is 3. The van der Waals surface area contributed by atoms with Gasteiger partial charge in [-0.05, 0) is 92.3 Å². The van der Waals surface area contributed by atoms with Crippen LogP contribution in [-0.2, 0) is 0 Å². The number of hydrogen-bond donors (Lipinski definition) is 0. The lowest BCUT2D eigenvalue weighted by Gasteiger charge is -2.10. The highest BCUT2D eigenvalue weighted by atomic mass is 15.0. The fraction of sp³-hybridized carbons (Fsp3) is 0. The first kappa shape index (κ1) is 29.6. The predicted molar refractivity (Wildman–Crippen MR) is 224 cm³/mol. The van der Waals surface area contributed by atoms with E-state index in [1.807, 2.05) is 0 Å². The molecule has 11 rings (SSSR count). The van der Waals surface area contributed by atoms with Crippen LogP contribution in [0.15, 0.2) is 188 Å². The Morgan fingerprint density at radius 2 is 1.02 bits per heavy atom. The van der Waals surface area contributed by atoms with Crippen molar-refractivity contribution in [1.29, 1.82) is 0 Å². The summed E-state index contributed by atoms with van der Waals surface area (Å²) < 4.78 is 2.37. The van der Waals surface area contributed by atoms with Crippen molar-refractivity contribution in [2.75, 3.05) is 0 Å². The van der Waals surface area contributed by atoms with E-state index in [4.69, 9.17) is 9.97 Å². The lowest BCUT2D eigenvalue weighted by Crippen LogP contribution is -1.93. The van der Waals surface area contributed by atoms with Gasteiger partial charge in [0.1, 0.15) is 0 Å². The Morgan fingerprint density at radius 3 is 1.89 bits per heavy atom. The lowest BCUT2D eigenvalue weighted by atomic mass is 9.95. The van der Waals surface area contributed by atoms with E-state index in [0.29, 0.717) is 0 Å². The van der Waals surface area contributed by atoms with Gasteiger partial charge >= 0.3 is 0 Å². The lowest BCUT2D eigenvalue weighted by molar-refractivity contribution is 1.18. The Hall–Kier alpha value is -7.10. The SMILES string of the molecule is c1ccc(-c2ccc(-c3ccc4cc3c3cccc(c3)c3ccc5c(c3)c3c(cccc3n5-c3ccccc3)c3nc5ccccc5c4n3)cc2)cc1. The standard InChI is InChI=1S/C50H31N3/c1-3-11-32(12-4-1)33-21-23-34(24-22-33)40-27-25-38-31-43(40)37-14-9-13-35(29-37)36-26-28-46-44(30-36)48-42(50-51-45-19-8-7-17-41(45)49(38)52-50)18-10-20-47(48)53(46)39-15-5-2-6-16-39/h1-31H. The van der Waals surface area contributed by atoms with Crippen LogP contribution in [0.4, 0.5) is 0 Å². The molecule has 0 aliphatic rings. The molecule has 0 amide bonds. The molecule has 3 nitrogen and oxygen atoms in total. The summed E-state index contributed by atoms with van der Waals surface area (Å²) in [5.74, 6) is 0. The first-order valence-corrected chi connectivity index (χ1v) is 18.1. The number of hydrogen-bond acceptors (Lipinski definition) is 2. The molecule has 0 radical (unpaired) electrons. The van der Waals surface area contributed by atoms with Gasteiger partial charge < -0.3 is 4.57 Å². The maximum absolute atomic E-state index is 5.45. The van der Waals surface area contributed by atoms with Gasteiger partial charge in [0.25, 0.3) is 0 Å². The molecule has 11 aromatic rings. The van der Waals surface area contributed by atoms with Crippen molar-refractivity contribution < 1.29 is 0 Å². The van der Waals surface area contributed by atoms with Crippen molar-refractivity contribution in [3.63, 3.8) is 0 Å². The largest absolute Gasteiger partial charge is 0.309 e. The summed E-state index contributed by atoms with van der Waals surface area (Å²) in [6.07, 6.45) is 0. The van der Waals surface area contributed by atoms with E-state index in [-0.39, 0.29) is 0 Å². The zero-order valence-corrected chi connectivity index (χ0v) is 28.7. The minimum atomic E-state index is 0.722. The molecule has 3 heteroatoms. The number of nitrogens with zero attached hydrogens (tertiary/aromatic N) is 3. The second-order valence-corrected chi connectivity index (χ2v) is 13.8. The van der Waals surface area contributed by atoms with Crippen molar-refractivity contribution in [3.05, 3.63) is 188 Å². The van der Waals surface area contributed by atoms with Gasteiger partial charge in [0.05, 0.1) is 22.1 Å². The molecule has 246 valence electrons. The Labute approximate surface area is 305 Å².